The molecule has 0 radical (unpaired) electrons. The number of non-ortho nitro benzene ring substituents is 1. The summed E-state index contributed by atoms with van der Waals surface area (Å²) in [5.41, 5.74) is 1.11. The lowest BCUT2D eigenvalue weighted by molar-refractivity contribution is -0.393. The van der Waals surface area contributed by atoms with Gasteiger partial charge in [0.1, 0.15) is 5.69 Å². The number of sulfonamides is 1. The van der Waals surface area contributed by atoms with Crippen LogP contribution in [0.25, 0.3) is 0 Å². The lowest BCUT2D eigenvalue weighted by atomic mass is 10.1. The van der Waals surface area contributed by atoms with E-state index in [-0.39, 0.29) is 17.9 Å². The molecule has 0 bridgehead atoms. The van der Waals surface area contributed by atoms with E-state index < -0.39 is 30.8 Å². The molecule has 4 rings (SSSR count). The summed E-state index contributed by atoms with van der Waals surface area (Å²) in [6.07, 6.45) is 1.66. The highest BCUT2D eigenvalue weighted by atomic mass is 32.2. The van der Waals surface area contributed by atoms with E-state index in [1.54, 1.807) is 17.0 Å². The zero-order valence-electron chi connectivity index (χ0n) is 16.0. The van der Waals surface area contributed by atoms with Gasteiger partial charge in [-0.15, -0.1) is 0 Å². The highest BCUT2D eigenvalue weighted by Gasteiger charge is 2.39. The van der Waals surface area contributed by atoms with E-state index in [4.69, 9.17) is 0 Å². The number of benzene rings is 2. The van der Waals surface area contributed by atoms with Crippen molar-refractivity contribution < 1.29 is 18.3 Å². The van der Waals surface area contributed by atoms with E-state index >= 15 is 0 Å². The van der Waals surface area contributed by atoms with E-state index in [9.17, 15) is 28.6 Å². The third kappa shape index (κ3) is 3.45. The molecule has 10 nitrogen and oxygen atoms in total. The zero-order chi connectivity index (χ0) is 21.5. The molecule has 1 atom stereocenters. The molecule has 2 aromatic rings. The molecule has 0 saturated carbocycles. The molecular weight excluding hydrogens is 412 g/mol. The van der Waals surface area contributed by atoms with Crippen LogP contribution in [0.2, 0.25) is 0 Å². The van der Waals surface area contributed by atoms with Gasteiger partial charge in [-0.2, -0.15) is 0 Å². The molecule has 30 heavy (non-hydrogen) atoms. The maximum Gasteiger partial charge on any atom is 0.299 e. The zero-order valence-corrected chi connectivity index (χ0v) is 16.8. The van der Waals surface area contributed by atoms with Crippen LogP contribution in [0.1, 0.15) is 18.4 Å². The largest absolute Gasteiger partial charge is 0.365 e. The summed E-state index contributed by atoms with van der Waals surface area (Å²) >= 11 is 0. The van der Waals surface area contributed by atoms with Gasteiger partial charge < -0.3 is 4.90 Å². The Kier molecular flexibility index (Phi) is 5.06. The minimum atomic E-state index is -3.66. The maximum absolute atomic E-state index is 13.4. The Labute approximate surface area is 173 Å². The predicted molar refractivity (Wildman–Crippen MR) is 111 cm³/mol. The van der Waals surface area contributed by atoms with Gasteiger partial charge in [-0.3, -0.25) is 24.5 Å². The summed E-state index contributed by atoms with van der Waals surface area (Å²) in [7, 11) is -3.66. The molecule has 158 valence electrons. The number of hydrogen-bond acceptors (Lipinski definition) is 7. The molecule has 2 aliphatic heterocycles. The van der Waals surface area contributed by atoms with Gasteiger partial charge in [0.2, 0.25) is 10.0 Å². The van der Waals surface area contributed by atoms with Gasteiger partial charge in [0.05, 0.1) is 26.9 Å². The Morgan fingerprint density at radius 3 is 2.47 bits per heavy atom. The van der Waals surface area contributed by atoms with Gasteiger partial charge in [-0.25, -0.2) is 8.42 Å². The van der Waals surface area contributed by atoms with Crippen LogP contribution >= 0.6 is 0 Å². The quantitative estimate of drug-likeness (QED) is 0.525. The van der Waals surface area contributed by atoms with E-state index in [1.165, 1.54) is 16.4 Å². The summed E-state index contributed by atoms with van der Waals surface area (Å²) in [4.78, 5) is 22.8. The number of hydrogen-bond donors (Lipinski definition) is 0. The van der Waals surface area contributed by atoms with Gasteiger partial charge in [0, 0.05) is 25.7 Å². The first kappa shape index (κ1) is 20.1. The van der Waals surface area contributed by atoms with Gasteiger partial charge >= 0.3 is 0 Å². The van der Waals surface area contributed by atoms with Crippen LogP contribution in [0.3, 0.4) is 0 Å². The van der Waals surface area contributed by atoms with Crippen molar-refractivity contribution in [3.8, 4) is 0 Å². The molecule has 1 fully saturated rings. The SMILES string of the molecule is O=[N+]([O-])c1ccc(N2CCCC(S(=O)(=O)N3CCc4ccccc43)C2)c([N+](=O)[O-])c1. The average molecular weight is 432 g/mol. The summed E-state index contributed by atoms with van der Waals surface area (Å²) in [5, 5.41) is 21.8. The van der Waals surface area contributed by atoms with Gasteiger partial charge in [-0.05, 0) is 37.0 Å². The second-order valence-electron chi connectivity index (χ2n) is 7.39. The fraction of sp³-hybridized carbons (Fsp3) is 0.368. The van der Waals surface area contributed by atoms with Crippen molar-refractivity contribution in [3.05, 3.63) is 68.3 Å². The van der Waals surface area contributed by atoms with Gasteiger partial charge in [0.15, 0.2) is 0 Å². The molecular formula is C19H20N4O6S. The Bertz CT molecular complexity index is 1120. The fourth-order valence-corrected chi connectivity index (χ4v) is 6.18. The van der Waals surface area contributed by atoms with Gasteiger partial charge in [0.25, 0.3) is 11.4 Å². The highest BCUT2D eigenvalue weighted by molar-refractivity contribution is 7.93. The number of piperidine rings is 1. The van der Waals surface area contributed by atoms with E-state index in [2.05, 4.69) is 0 Å². The highest BCUT2D eigenvalue weighted by Crippen LogP contribution is 2.37. The Morgan fingerprint density at radius 1 is 0.967 bits per heavy atom. The molecule has 2 heterocycles. The topological polar surface area (TPSA) is 127 Å². The standard InChI is InChI=1S/C19H20N4O6S/c24-22(25)15-7-8-18(19(12-15)23(26)27)20-10-3-5-16(13-20)30(28,29)21-11-9-14-4-1-2-6-17(14)21/h1-2,4,6-8,12,16H,3,5,9-11,13H2. The summed E-state index contributed by atoms with van der Waals surface area (Å²) in [5.74, 6) is 0. The molecule has 0 N–H and O–H groups in total. The van der Waals surface area contributed by atoms with E-state index in [0.717, 1.165) is 11.6 Å². The third-order valence-corrected chi connectivity index (χ3v) is 7.88. The summed E-state index contributed by atoms with van der Waals surface area (Å²) in [6.45, 7) is 0.927. The fourth-order valence-electron chi connectivity index (χ4n) is 4.19. The predicted octanol–water partition coefficient (Wildman–Crippen LogP) is 2.86. The van der Waals surface area contributed by atoms with Crippen LogP contribution < -0.4 is 9.21 Å². The minimum absolute atomic E-state index is 0.0969. The van der Waals surface area contributed by atoms with Crippen LogP contribution in [0.5, 0.6) is 0 Å². The number of nitro groups is 2. The normalized spacial score (nSPS) is 18.9. The first-order valence-electron chi connectivity index (χ1n) is 9.56. The first-order valence-corrected chi connectivity index (χ1v) is 11.1. The maximum atomic E-state index is 13.4. The molecule has 0 amide bonds. The van der Waals surface area contributed by atoms with Crippen molar-refractivity contribution in [1.29, 1.82) is 0 Å². The van der Waals surface area contributed by atoms with Crippen LogP contribution in [0, 0.1) is 20.2 Å². The monoisotopic (exact) mass is 432 g/mol. The number of nitro benzene ring substituents is 2. The molecule has 0 aliphatic carbocycles. The van der Waals surface area contributed by atoms with Crippen LogP contribution in [-0.2, 0) is 16.4 Å². The Balaban J connectivity index is 1.63. The molecule has 1 unspecified atom stereocenters. The van der Waals surface area contributed by atoms with Crippen molar-refractivity contribution in [2.24, 2.45) is 0 Å². The molecule has 1 saturated heterocycles. The van der Waals surface area contributed by atoms with Crippen LogP contribution in [0.15, 0.2) is 42.5 Å². The Hall–Kier alpha value is -3.21. The van der Waals surface area contributed by atoms with E-state index in [0.29, 0.717) is 38.0 Å². The number of para-hydroxylation sites is 1. The Morgan fingerprint density at radius 2 is 1.73 bits per heavy atom. The van der Waals surface area contributed by atoms with Crippen molar-refractivity contribution in [2.45, 2.75) is 24.5 Å². The molecule has 2 aromatic carbocycles. The second kappa shape index (κ2) is 7.56. The summed E-state index contributed by atoms with van der Waals surface area (Å²) in [6, 6.07) is 10.8. The number of nitrogens with zero attached hydrogens (tertiary/aromatic N) is 4. The average Bonchev–Trinajstić information content (AvgIpc) is 3.18. The van der Waals surface area contributed by atoms with Crippen molar-refractivity contribution >= 4 is 32.8 Å². The molecule has 2 aliphatic rings. The number of fused-ring (bicyclic) bond motifs is 1. The van der Waals surface area contributed by atoms with Gasteiger partial charge in [-0.1, -0.05) is 18.2 Å². The van der Waals surface area contributed by atoms with Crippen molar-refractivity contribution in [2.75, 3.05) is 28.8 Å². The first-order chi connectivity index (χ1) is 14.3. The minimum Gasteiger partial charge on any atom is -0.365 e. The number of rotatable bonds is 5. The molecule has 0 aromatic heterocycles. The lowest BCUT2D eigenvalue weighted by Gasteiger charge is -2.35. The van der Waals surface area contributed by atoms with Crippen LogP contribution in [-0.4, -0.2) is 43.1 Å². The second-order valence-corrected chi connectivity index (χ2v) is 9.53. The van der Waals surface area contributed by atoms with Crippen LogP contribution in [0.4, 0.5) is 22.7 Å². The van der Waals surface area contributed by atoms with Crippen molar-refractivity contribution in [3.63, 3.8) is 0 Å². The van der Waals surface area contributed by atoms with Crippen molar-refractivity contribution in [1.82, 2.24) is 0 Å². The number of anilines is 2. The molecule has 0 spiro atoms. The molecule has 11 heteroatoms. The lowest BCUT2D eigenvalue weighted by Crippen LogP contribution is -2.48. The smallest absolute Gasteiger partial charge is 0.299 e. The van der Waals surface area contributed by atoms with E-state index in [1.807, 2.05) is 12.1 Å². The third-order valence-electron chi connectivity index (χ3n) is 5.66. The summed E-state index contributed by atoms with van der Waals surface area (Å²) < 4.78 is 28.2.